The summed E-state index contributed by atoms with van der Waals surface area (Å²) < 4.78 is 5.39. The van der Waals surface area contributed by atoms with Crippen LogP contribution in [0.5, 0.6) is 5.75 Å². The molecule has 1 aliphatic carbocycles. The van der Waals surface area contributed by atoms with Gasteiger partial charge in [-0.3, -0.25) is 0 Å². The van der Waals surface area contributed by atoms with Crippen molar-refractivity contribution in [2.24, 2.45) is 0 Å². The van der Waals surface area contributed by atoms with Crippen molar-refractivity contribution in [2.75, 3.05) is 6.61 Å². The second kappa shape index (κ2) is 3.18. The largest absolute Gasteiger partial charge is 0.494 e. The Hall–Kier alpha value is -0.980. The van der Waals surface area contributed by atoms with Crippen LogP contribution in [0.4, 0.5) is 0 Å². The molecule has 0 amide bonds. The first-order valence-corrected chi connectivity index (χ1v) is 4.54. The highest BCUT2D eigenvalue weighted by molar-refractivity contribution is 5.32. The van der Waals surface area contributed by atoms with Crippen LogP contribution in [0.2, 0.25) is 0 Å². The number of benzene rings is 1. The van der Waals surface area contributed by atoms with Gasteiger partial charge in [0, 0.05) is 0 Å². The quantitative estimate of drug-likeness (QED) is 0.662. The van der Waals surface area contributed by atoms with Crippen molar-refractivity contribution in [3.63, 3.8) is 0 Å². The molecule has 0 N–H and O–H groups in total. The summed E-state index contributed by atoms with van der Waals surface area (Å²) >= 11 is 0. The molecule has 1 saturated carbocycles. The monoisotopic (exact) mass is 161 g/mol. The van der Waals surface area contributed by atoms with Gasteiger partial charge in [-0.25, -0.2) is 0 Å². The van der Waals surface area contributed by atoms with Crippen LogP contribution in [-0.2, 0) is 0 Å². The molecule has 1 aliphatic rings. The molecule has 12 heavy (non-hydrogen) atoms. The molecule has 0 saturated heterocycles. The molecule has 0 aromatic heterocycles. The highest BCUT2D eigenvalue weighted by Crippen LogP contribution is 2.40. The van der Waals surface area contributed by atoms with Crippen molar-refractivity contribution < 1.29 is 4.74 Å². The Bertz CT molecular complexity index is 263. The number of hydrogen-bond donors (Lipinski definition) is 0. The molecule has 1 radical (unpaired) electrons. The Labute approximate surface area is 73.4 Å². The third-order valence-corrected chi connectivity index (χ3v) is 2.14. The molecule has 1 aromatic rings. The first kappa shape index (κ1) is 7.66. The first-order valence-electron chi connectivity index (χ1n) is 4.54. The molecule has 2 rings (SSSR count). The zero-order valence-electron chi connectivity index (χ0n) is 7.34. The predicted octanol–water partition coefficient (Wildman–Crippen LogP) is 2.76. The van der Waals surface area contributed by atoms with E-state index in [1.165, 1.54) is 18.4 Å². The van der Waals surface area contributed by atoms with Crippen LogP contribution in [-0.4, -0.2) is 6.61 Å². The molecule has 0 aliphatic heterocycles. The number of ether oxygens (including phenoxy) is 1. The van der Waals surface area contributed by atoms with Crippen LogP contribution in [0.25, 0.3) is 0 Å². The smallest absolute Gasteiger partial charge is 0.120 e. The van der Waals surface area contributed by atoms with Crippen LogP contribution >= 0.6 is 0 Å². The third-order valence-electron chi connectivity index (χ3n) is 2.14. The summed E-state index contributed by atoms with van der Waals surface area (Å²) in [6.07, 6.45) is 2.67. The van der Waals surface area contributed by atoms with Crippen molar-refractivity contribution in [2.45, 2.75) is 25.7 Å². The number of hydrogen-bond acceptors (Lipinski definition) is 1. The lowest BCUT2D eigenvalue weighted by atomic mass is 10.1. The fourth-order valence-electron chi connectivity index (χ4n) is 1.37. The van der Waals surface area contributed by atoms with Crippen LogP contribution in [0.1, 0.15) is 31.2 Å². The zero-order chi connectivity index (χ0) is 8.39. The van der Waals surface area contributed by atoms with Crippen molar-refractivity contribution in [3.8, 4) is 5.75 Å². The highest BCUT2D eigenvalue weighted by Gasteiger charge is 2.23. The Kier molecular flexibility index (Phi) is 2.03. The summed E-state index contributed by atoms with van der Waals surface area (Å²) in [6.45, 7) is 2.74. The maximum atomic E-state index is 5.39. The average molecular weight is 161 g/mol. The lowest BCUT2D eigenvalue weighted by molar-refractivity contribution is 0.340. The van der Waals surface area contributed by atoms with Gasteiger partial charge in [0.2, 0.25) is 0 Å². The summed E-state index contributed by atoms with van der Waals surface area (Å²) in [5.41, 5.74) is 1.39. The average Bonchev–Trinajstić information content (AvgIpc) is 2.88. The maximum absolute atomic E-state index is 5.39. The Morgan fingerprint density at radius 2 is 2.33 bits per heavy atom. The summed E-state index contributed by atoms with van der Waals surface area (Å²) in [6, 6.07) is 9.22. The van der Waals surface area contributed by atoms with E-state index in [1.54, 1.807) is 0 Å². The minimum absolute atomic E-state index is 0.738. The van der Waals surface area contributed by atoms with Crippen LogP contribution in [0.3, 0.4) is 0 Å². The van der Waals surface area contributed by atoms with E-state index in [0.29, 0.717) is 0 Å². The fourth-order valence-corrected chi connectivity index (χ4v) is 1.37. The minimum Gasteiger partial charge on any atom is -0.494 e. The van der Waals surface area contributed by atoms with Gasteiger partial charge in [0.1, 0.15) is 5.75 Å². The fraction of sp³-hybridized carbons (Fsp3) is 0.455. The topological polar surface area (TPSA) is 9.23 Å². The molecule has 1 aromatic carbocycles. The Morgan fingerprint density at radius 3 is 3.00 bits per heavy atom. The zero-order valence-corrected chi connectivity index (χ0v) is 7.34. The van der Waals surface area contributed by atoms with Crippen molar-refractivity contribution in [3.05, 3.63) is 29.8 Å². The highest BCUT2D eigenvalue weighted by atomic mass is 16.5. The molecule has 0 spiro atoms. The minimum atomic E-state index is 0.738. The summed E-state index contributed by atoms with van der Waals surface area (Å²) in [4.78, 5) is 0. The van der Waals surface area contributed by atoms with Crippen LogP contribution in [0.15, 0.2) is 18.2 Å². The van der Waals surface area contributed by atoms with E-state index in [2.05, 4.69) is 18.2 Å². The molecule has 0 heterocycles. The van der Waals surface area contributed by atoms with Gasteiger partial charge in [-0.05, 0) is 49.4 Å². The predicted molar refractivity (Wildman–Crippen MR) is 48.4 cm³/mol. The number of rotatable bonds is 3. The molecular weight excluding hydrogens is 148 g/mol. The van der Waals surface area contributed by atoms with Gasteiger partial charge in [-0.2, -0.15) is 0 Å². The molecule has 63 valence electrons. The summed E-state index contributed by atoms with van der Waals surface area (Å²) in [7, 11) is 0. The van der Waals surface area contributed by atoms with Crippen LogP contribution in [0, 0.1) is 6.07 Å². The van der Waals surface area contributed by atoms with Gasteiger partial charge in [-0.15, -0.1) is 0 Å². The first-order chi connectivity index (χ1) is 5.90. The van der Waals surface area contributed by atoms with Gasteiger partial charge in [0.25, 0.3) is 0 Å². The van der Waals surface area contributed by atoms with Crippen LogP contribution < -0.4 is 4.74 Å². The van der Waals surface area contributed by atoms with E-state index in [9.17, 15) is 0 Å². The molecule has 0 atom stereocenters. The van der Waals surface area contributed by atoms with Gasteiger partial charge >= 0.3 is 0 Å². The second-order valence-corrected chi connectivity index (χ2v) is 3.21. The standard InChI is InChI=1S/C11H13O/c1-2-12-11-5-3-4-10(8-11)9-6-7-9/h4-5,8-9H,2,6-7H2,1H3. The van der Waals surface area contributed by atoms with E-state index in [-0.39, 0.29) is 0 Å². The second-order valence-electron chi connectivity index (χ2n) is 3.21. The maximum Gasteiger partial charge on any atom is 0.120 e. The lowest BCUT2D eigenvalue weighted by Gasteiger charge is -2.03. The molecule has 0 bridgehead atoms. The van der Waals surface area contributed by atoms with E-state index < -0.39 is 0 Å². The normalized spacial score (nSPS) is 16.1. The third kappa shape index (κ3) is 1.60. The lowest BCUT2D eigenvalue weighted by Crippen LogP contribution is -1.91. The van der Waals surface area contributed by atoms with Gasteiger partial charge in [0.15, 0.2) is 0 Å². The SMILES string of the molecule is CCOc1c[c]cc(C2CC2)c1. The molecular formula is C11H13O. The Balaban J connectivity index is 2.15. The van der Waals surface area contributed by atoms with Crippen molar-refractivity contribution in [1.82, 2.24) is 0 Å². The molecule has 1 nitrogen and oxygen atoms in total. The Morgan fingerprint density at radius 1 is 1.50 bits per heavy atom. The van der Waals surface area contributed by atoms with E-state index in [4.69, 9.17) is 4.74 Å². The molecule has 1 heteroatoms. The van der Waals surface area contributed by atoms with E-state index in [1.807, 2.05) is 13.0 Å². The van der Waals surface area contributed by atoms with Gasteiger partial charge in [-0.1, -0.05) is 6.07 Å². The van der Waals surface area contributed by atoms with Gasteiger partial charge < -0.3 is 4.74 Å². The van der Waals surface area contributed by atoms with Crippen molar-refractivity contribution >= 4 is 0 Å². The van der Waals surface area contributed by atoms with Gasteiger partial charge in [0.05, 0.1) is 6.61 Å². The summed E-state index contributed by atoms with van der Waals surface area (Å²) in [5, 5.41) is 0. The molecule has 0 unspecified atom stereocenters. The summed E-state index contributed by atoms with van der Waals surface area (Å²) in [5.74, 6) is 1.75. The van der Waals surface area contributed by atoms with E-state index in [0.717, 1.165) is 18.3 Å². The molecule has 1 fully saturated rings. The van der Waals surface area contributed by atoms with Crippen molar-refractivity contribution in [1.29, 1.82) is 0 Å². The van der Waals surface area contributed by atoms with E-state index >= 15 is 0 Å².